The van der Waals surface area contributed by atoms with Crippen molar-refractivity contribution in [1.29, 1.82) is 0 Å². The summed E-state index contributed by atoms with van der Waals surface area (Å²) in [5.74, 6) is 0.810. The van der Waals surface area contributed by atoms with E-state index in [9.17, 15) is 4.79 Å². The van der Waals surface area contributed by atoms with E-state index in [1.54, 1.807) is 0 Å². The number of hydrogen-bond donors (Lipinski definition) is 2. The number of hydrogen-bond acceptors (Lipinski definition) is 2. The molecule has 0 aromatic carbocycles. The van der Waals surface area contributed by atoms with Gasteiger partial charge in [-0.3, -0.25) is 4.79 Å². The van der Waals surface area contributed by atoms with Gasteiger partial charge in [0, 0.05) is 13.1 Å². The highest BCUT2D eigenvalue weighted by molar-refractivity contribution is 5.87. The zero-order chi connectivity index (χ0) is 10.1. The summed E-state index contributed by atoms with van der Waals surface area (Å²) < 4.78 is 0. The summed E-state index contributed by atoms with van der Waals surface area (Å²) in [6.45, 7) is 10.0. The van der Waals surface area contributed by atoms with Crippen LogP contribution in [0.5, 0.6) is 0 Å². The van der Waals surface area contributed by atoms with Crippen molar-refractivity contribution in [2.24, 2.45) is 11.8 Å². The second-order valence-corrected chi connectivity index (χ2v) is 4.36. The van der Waals surface area contributed by atoms with E-state index in [1.807, 2.05) is 0 Å². The van der Waals surface area contributed by atoms with Crippen LogP contribution < -0.4 is 10.6 Å². The van der Waals surface area contributed by atoms with Gasteiger partial charge < -0.3 is 10.6 Å². The third kappa shape index (κ3) is 1.57. The number of amides is 1. The normalized spacial score (nSPS) is 22.2. The maximum Gasteiger partial charge on any atom is 0.240 e. The number of nitrogens with one attached hydrogen (secondary N) is 2. The summed E-state index contributed by atoms with van der Waals surface area (Å²) in [4.78, 5) is 11.8. The molecule has 1 heterocycles. The van der Waals surface area contributed by atoms with Crippen molar-refractivity contribution in [3.63, 3.8) is 0 Å². The second-order valence-electron chi connectivity index (χ2n) is 4.36. The van der Waals surface area contributed by atoms with E-state index < -0.39 is 0 Å². The highest BCUT2D eigenvalue weighted by Gasteiger charge is 2.45. The zero-order valence-electron chi connectivity index (χ0n) is 8.98. The topological polar surface area (TPSA) is 41.1 Å². The van der Waals surface area contributed by atoms with Crippen molar-refractivity contribution in [3.05, 3.63) is 0 Å². The molecule has 0 radical (unpaired) electrons. The zero-order valence-corrected chi connectivity index (χ0v) is 8.98. The first-order valence-corrected chi connectivity index (χ1v) is 5.05. The minimum Gasteiger partial charge on any atom is -0.353 e. The van der Waals surface area contributed by atoms with Crippen molar-refractivity contribution < 1.29 is 4.79 Å². The van der Waals surface area contributed by atoms with Crippen molar-refractivity contribution >= 4 is 5.91 Å². The van der Waals surface area contributed by atoms with Crippen LogP contribution in [0.1, 0.15) is 27.7 Å². The molecule has 1 rings (SSSR count). The summed E-state index contributed by atoms with van der Waals surface area (Å²) in [5.41, 5.74) is -0.363. The first kappa shape index (κ1) is 10.5. The summed E-state index contributed by atoms with van der Waals surface area (Å²) in [6, 6.07) is 0. The molecule has 0 atom stereocenters. The molecule has 1 aliphatic rings. The monoisotopic (exact) mass is 184 g/mol. The van der Waals surface area contributed by atoms with Crippen molar-refractivity contribution in [2.45, 2.75) is 33.2 Å². The average molecular weight is 184 g/mol. The number of carbonyl (C=O) groups is 1. The van der Waals surface area contributed by atoms with Crippen molar-refractivity contribution in [1.82, 2.24) is 10.6 Å². The lowest BCUT2D eigenvalue weighted by molar-refractivity contribution is -0.133. The molecular weight excluding hydrogens is 164 g/mol. The smallest absolute Gasteiger partial charge is 0.240 e. The molecule has 76 valence electrons. The Kier molecular flexibility index (Phi) is 2.96. The molecule has 1 amide bonds. The Morgan fingerprint density at radius 3 is 2.00 bits per heavy atom. The predicted molar refractivity (Wildman–Crippen MR) is 53.4 cm³/mol. The van der Waals surface area contributed by atoms with E-state index in [4.69, 9.17) is 0 Å². The highest BCUT2D eigenvalue weighted by Crippen LogP contribution is 2.27. The Hall–Kier alpha value is -0.570. The Bertz CT molecular complexity index is 191. The average Bonchev–Trinajstić information content (AvgIpc) is 2.04. The third-order valence-corrected chi connectivity index (χ3v) is 3.03. The predicted octanol–water partition coefficient (Wildman–Crippen LogP) is 0.757. The molecule has 1 aliphatic heterocycles. The van der Waals surface area contributed by atoms with Crippen LogP contribution in [0, 0.1) is 11.8 Å². The summed E-state index contributed by atoms with van der Waals surface area (Å²) in [6.07, 6.45) is 0. The van der Waals surface area contributed by atoms with Crippen molar-refractivity contribution in [2.75, 3.05) is 13.1 Å². The van der Waals surface area contributed by atoms with Crippen LogP contribution in [0.25, 0.3) is 0 Å². The van der Waals surface area contributed by atoms with Crippen LogP contribution >= 0.6 is 0 Å². The molecule has 13 heavy (non-hydrogen) atoms. The van der Waals surface area contributed by atoms with Gasteiger partial charge >= 0.3 is 0 Å². The van der Waals surface area contributed by atoms with Crippen molar-refractivity contribution in [3.8, 4) is 0 Å². The summed E-state index contributed by atoms with van der Waals surface area (Å²) in [7, 11) is 0. The largest absolute Gasteiger partial charge is 0.353 e. The maximum absolute atomic E-state index is 11.8. The molecule has 0 aromatic rings. The van der Waals surface area contributed by atoms with E-state index in [0.717, 1.165) is 13.1 Å². The molecule has 1 fully saturated rings. The number of piperazine rings is 1. The SMILES string of the molecule is CC(C)C1(C(C)C)NCCNC1=O. The summed E-state index contributed by atoms with van der Waals surface area (Å²) >= 11 is 0. The molecule has 2 N–H and O–H groups in total. The van der Waals surface area contributed by atoms with Crippen LogP contribution in [-0.2, 0) is 4.79 Å². The van der Waals surface area contributed by atoms with E-state index in [-0.39, 0.29) is 11.4 Å². The number of carbonyl (C=O) groups excluding carboxylic acids is 1. The van der Waals surface area contributed by atoms with Crippen LogP contribution in [0.2, 0.25) is 0 Å². The molecule has 0 aromatic heterocycles. The molecule has 0 bridgehead atoms. The van der Waals surface area contributed by atoms with E-state index in [0.29, 0.717) is 11.8 Å². The van der Waals surface area contributed by atoms with Gasteiger partial charge in [0.1, 0.15) is 5.54 Å². The fourth-order valence-corrected chi connectivity index (χ4v) is 2.27. The van der Waals surface area contributed by atoms with Gasteiger partial charge in [0.15, 0.2) is 0 Å². The van der Waals surface area contributed by atoms with E-state index in [1.165, 1.54) is 0 Å². The standard InChI is InChI=1S/C10H20N2O/c1-7(2)10(8(3)4)9(13)11-5-6-12-10/h7-8,12H,5-6H2,1-4H3,(H,11,13). The Morgan fingerprint density at radius 2 is 1.69 bits per heavy atom. The minimum atomic E-state index is -0.363. The molecule has 1 saturated heterocycles. The fourth-order valence-electron chi connectivity index (χ4n) is 2.27. The molecule has 3 nitrogen and oxygen atoms in total. The molecule has 0 unspecified atom stereocenters. The fraction of sp³-hybridized carbons (Fsp3) is 0.900. The highest BCUT2D eigenvalue weighted by atomic mass is 16.2. The minimum absolute atomic E-state index is 0.156. The van der Waals surface area contributed by atoms with Gasteiger partial charge in [0.25, 0.3) is 0 Å². The Morgan fingerprint density at radius 1 is 1.15 bits per heavy atom. The lowest BCUT2D eigenvalue weighted by Gasteiger charge is -2.43. The summed E-state index contributed by atoms with van der Waals surface area (Å²) in [5, 5.41) is 6.30. The van der Waals surface area contributed by atoms with Gasteiger partial charge in [0.05, 0.1) is 0 Å². The molecule has 0 aliphatic carbocycles. The van der Waals surface area contributed by atoms with Gasteiger partial charge in [-0.2, -0.15) is 0 Å². The quantitative estimate of drug-likeness (QED) is 0.665. The lowest BCUT2D eigenvalue weighted by Crippen LogP contribution is -2.68. The van der Waals surface area contributed by atoms with Gasteiger partial charge in [-0.25, -0.2) is 0 Å². The van der Waals surface area contributed by atoms with E-state index in [2.05, 4.69) is 38.3 Å². The van der Waals surface area contributed by atoms with Gasteiger partial charge in [-0.15, -0.1) is 0 Å². The first-order chi connectivity index (χ1) is 6.01. The van der Waals surface area contributed by atoms with Crippen LogP contribution in [0.3, 0.4) is 0 Å². The van der Waals surface area contributed by atoms with Crippen LogP contribution in [0.4, 0.5) is 0 Å². The Balaban J connectivity index is 2.93. The number of rotatable bonds is 2. The van der Waals surface area contributed by atoms with Gasteiger partial charge in [-0.1, -0.05) is 27.7 Å². The van der Waals surface area contributed by atoms with Gasteiger partial charge in [0.2, 0.25) is 5.91 Å². The molecule has 3 heteroatoms. The molecule has 0 saturated carbocycles. The maximum atomic E-state index is 11.8. The van der Waals surface area contributed by atoms with E-state index >= 15 is 0 Å². The first-order valence-electron chi connectivity index (χ1n) is 5.05. The third-order valence-electron chi connectivity index (χ3n) is 3.03. The van der Waals surface area contributed by atoms with Crippen LogP contribution in [-0.4, -0.2) is 24.5 Å². The molecular formula is C10H20N2O. The lowest BCUT2D eigenvalue weighted by atomic mass is 9.75. The van der Waals surface area contributed by atoms with Gasteiger partial charge in [-0.05, 0) is 11.8 Å². The molecule has 0 spiro atoms. The Labute approximate surface area is 80.3 Å². The second kappa shape index (κ2) is 3.66. The van der Waals surface area contributed by atoms with Crippen LogP contribution in [0.15, 0.2) is 0 Å².